The van der Waals surface area contributed by atoms with Crippen molar-refractivity contribution in [2.24, 2.45) is 17.8 Å². The average Bonchev–Trinajstić information content (AvgIpc) is 1.56. The van der Waals surface area contributed by atoms with Crippen LogP contribution in [0.5, 0.6) is 11.5 Å². The molecule has 0 saturated carbocycles. The van der Waals surface area contributed by atoms with Crippen LogP contribution in [0.25, 0.3) is 6.08 Å². The Morgan fingerprint density at radius 1 is 0.615 bits per heavy atom. The topological polar surface area (TPSA) is 241 Å². The van der Waals surface area contributed by atoms with Crippen LogP contribution in [0.2, 0.25) is 30.7 Å². The minimum atomic E-state index is -3.00. The smallest absolute Gasteiger partial charge is 0.342 e. The Labute approximate surface area is 643 Å². The van der Waals surface area contributed by atoms with E-state index in [9.17, 15) is 29.7 Å². The van der Waals surface area contributed by atoms with Gasteiger partial charge in [-0.05, 0) is 142 Å². The molecule has 0 radical (unpaired) electrons. The van der Waals surface area contributed by atoms with Crippen molar-refractivity contribution in [3.05, 3.63) is 221 Å². The molecular formula is C85H112F2O20Si2. The maximum absolute atomic E-state index is 17.4. The standard InChI is InChI=1S/C53H69FO10Si2.C32H43FO10/c1-37(38(2)64-66(52(3,4)5,42-26-18-14-19-27-42)43-28-20-15-21-29-43)33-44(54)48(61-50(55)39-23-16-13-17-24-39)49-45(62-53(6,7)63-49)30-22-25-40-34-41(58-9)35-46(60-36-57-8)47(40)51(56)59-31-32-65(10,11)12;1-19(20(2)34)15-24(33)28(41-31(37)21-11-8-7-9-12-21)29-25(42-32(3,4)43-29)14-10-13-22-16-23(39-6)17-26(40-18-38-5)27(22)30(35)36/h13-29,33-35,37-38,45,48-49H,30-32,36H2,1-12H3;7-13,15-17,19-20,25-30,34-36H,14,18H2,1-6H3/b25-22+,44-33+;13-10+,24-15+/t37-,38-,45-,48?,49-;19-,20-,25-,26?,27-,28?,29-/m00/s1. The van der Waals surface area contributed by atoms with Gasteiger partial charge in [0.1, 0.15) is 53.5 Å². The number of carbonyl (C=O) groups is 3. The molecule has 24 heteroatoms. The first kappa shape index (κ1) is 88.4. The number of allylic oxidation sites excluding steroid dienone is 2. The second kappa shape index (κ2) is 40.4. The average molecular weight is 1550 g/mol. The zero-order valence-electron chi connectivity index (χ0n) is 66.1. The molecule has 594 valence electrons. The zero-order valence-corrected chi connectivity index (χ0v) is 68.1. The van der Waals surface area contributed by atoms with Gasteiger partial charge in [-0.1, -0.05) is 176 Å². The third kappa shape index (κ3) is 24.8. The molecule has 5 aromatic carbocycles. The monoisotopic (exact) mass is 1550 g/mol. The molecule has 3 N–H and O–H groups in total. The second-order valence-electron chi connectivity index (χ2n) is 30.5. The Bertz CT molecular complexity index is 3870. The zero-order chi connectivity index (χ0) is 80.0. The number of hydrogen-bond donors (Lipinski definition) is 3. The molecule has 109 heavy (non-hydrogen) atoms. The molecule has 2 aliphatic heterocycles. The van der Waals surface area contributed by atoms with Crippen LogP contribution in [-0.2, 0) is 56.5 Å². The van der Waals surface area contributed by atoms with Crippen LogP contribution in [-0.4, -0.2) is 171 Å². The number of aliphatic hydroxyl groups excluding tert-OH is 2. The Morgan fingerprint density at radius 3 is 1.53 bits per heavy atom. The van der Waals surface area contributed by atoms with Crippen molar-refractivity contribution < 1.29 is 104 Å². The predicted octanol–water partition coefficient (Wildman–Crippen LogP) is 14.7. The van der Waals surface area contributed by atoms with Crippen molar-refractivity contribution in [2.75, 3.05) is 48.6 Å². The van der Waals surface area contributed by atoms with Gasteiger partial charge in [-0.2, -0.15) is 0 Å². The minimum absolute atomic E-state index is 0.0712. The number of halogens is 2. The van der Waals surface area contributed by atoms with Crippen LogP contribution in [0, 0.1) is 17.8 Å². The van der Waals surface area contributed by atoms with Gasteiger partial charge < -0.3 is 81.3 Å². The Hall–Kier alpha value is -7.80. The number of rotatable bonds is 35. The summed E-state index contributed by atoms with van der Waals surface area (Å²) in [5.41, 5.74) is 1.68. The predicted molar refractivity (Wildman–Crippen MR) is 418 cm³/mol. The fourth-order valence-corrected chi connectivity index (χ4v) is 18.4. The quantitative estimate of drug-likeness (QED) is 0.0148. The molecule has 20 nitrogen and oxygen atoms in total. The lowest BCUT2D eigenvalue weighted by atomic mass is 9.87. The highest BCUT2D eigenvalue weighted by atomic mass is 28.4. The largest absolute Gasteiger partial charge is 0.497 e. The van der Waals surface area contributed by atoms with E-state index >= 15 is 8.78 Å². The third-order valence-electron chi connectivity index (χ3n) is 18.8. The van der Waals surface area contributed by atoms with E-state index in [1.165, 1.54) is 47.5 Å². The maximum atomic E-state index is 17.4. The van der Waals surface area contributed by atoms with Crippen LogP contribution in [0.1, 0.15) is 126 Å². The molecule has 3 aliphatic rings. The van der Waals surface area contributed by atoms with E-state index < -0.39 is 137 Å². The molecule has 1 aliphatic carbocycles. The summed E-state index contributed by atoms with van der Waals surface area (Å²) in [6, 6.07) is 41.4. The summed E-state index contributed by atoms with van der Waals surface area (Å²) >= 11 is 0. The van der Waals surface area contributed by atoms with Crippen molar-refractivity contribution in [2.45, 2.75) is 193 Å². The first-order chi connectivity index (χ1) is 51.6. The van der Waals surface area contributed by atoms with Gasteiger partial charge in [-0.25, -0.2) is 23.2 Å². The molecule has 3 unspecified atom stereocenters. The van der Waals surface area contributed by atoms with Gasteiger partial charge in [0.15, 0.2) is 36.9 Å². The lowest BCUT2D eigenvalue weighted by Crippen LogP contribution is -2.67. The van der Waals surface area contributed by atoms with Gasteiger partial charge in [0.2, 0.25) is 0 Å². The van der Waals surface area contributed by atoms with Gasteiger partial charge >= 0.3 is 17.9 Å². The van der Waals surface area contributed by atoms with E-state index in [0.29, 0.717) is 22.6 Å². The van der Waals surface area contributed by atoms with Gasteiger partial charge in [-0.15, -0.1) is 0 Å². The highest BCUT2D eigenvalue weighted by Crippen LogP contribution is 2.42. The highest BCUT2D eigenvalue weighted by Gasteiger charge is 2.53. The van der Waals surface area contributed by atoms with E-state index in [1.807, 2.05) is 50.2 Å². The SMILES string of the molecule is COCOC1C=C(OC)C=C(/C=C/C[C@@H]2OC(C)(C)O[C@@H]2C(OC(=O)c2ccccc2)/C(F)=C\[C@H](C)[C@H](C)O)[C@@H]1C(O)O.COCOc1cc(OC)cc(/C=C/C[C@@H]2OC(C)(C)O[C@@H]2C(OC(=O)c2ccccc2)/C(F)=C\[C@H](C)[C@H](C)O[Si](c2ccccc2)(c2ccccc2)C(C)(C)C)c1C(=O)OCC[Si](C)(C)C. The molecule has 2 saturated heterocycles. The molecule has 0 bridgehead atoms. The number of carbonyl (C=O) groups excluding carboxylic acids is 3. The van der Waals surface area contributed by atoms with E-state index in [4.69, 9.17) is 66.0 Å². The molecule has 2 heterocycles. The first-order valence-electron chi connectivity index (χ1n) is 36.8. The van der Waals surface area contributed by atoms with Crippen molar-refractivity contribution in [3.8, 4) is 11.5 Å². The van der Waals surface area contributed by atoms with Gasteiger partial charge in [-0.3, -0.25) is 0 Å². The normalized spacial score (nSPS) is 21.3. The van der Waals surface area contributed by atoms with Crippen molar-refractivity contribution >= 4 is 50.7 Å². The molecule has 0 amide bonds. The molecule has 5 aromatic rings. The van der Waals surface area contributed by atoms with Gasteiger partial charge in [0.05, 0.1) is 62.3 Å². The third-order valence-corrected chi connectivity index (χ3v) is 25.6. The van der Waals surface area contributed by atoms with Crippen LogP contribution >= 0.6 is 0 Å². The Kier molecular flexibility index (Phi) is 32.8. The van der Waals surface area contributed by atoms with Crippen molar-refractivity contribution in [1.29, 1.82) is 0 Å². The van der Waals surface area contributed by atoms with Crippen LogP contribution in [0.4, 0.5) is 8.78 Å². The highest BCUT2D eigenvalue weighted by molar-refractivity contribution is 6.99. The summed E-state index contributed by atoms with van der Waals surface area (Å²) in [5, 5.41) is 32.2. The summed E-state index contributed by atoms with van der Waals surface area (Å²) in [6.07, 6.45) is 2.85. The summed E-state index contributed by atoms with van der Waals surface area (Å²) in [7, 11) is 1.45. The summed E-state index contributed by atoms with van der Waals surface area (Å²) in [6.45, 7) is 27.2. The lowest BCUT2D eigenvalue weighted by Gasteiger charge is -2.45. The summed E-state index contributed by atoms with van der Waals surface area (Å²) in [5.74, 6) is -6.53. The van der Waals surface area contributed by atoms with Crippen LogP contribution < -0.4 is 19.8 Å². The van der Waals surface area contributed by atoms with Crippen LogP contribution in [0.15, 0.2) is 199 Å². The number of benzene rings is 5. The molecule has 0 spiro atoms. The number of esters is 3. The second-order valence-corrected chi connectivity index (χ2v) is 40.3. The first-order valence-corrected chi connectivity index (χ1v) is 42.4. The van der Waals surface area contributed by atoms with E-state index in [1.54, 1.807) is 144 Å². The van der Waals surface area contributed by atoms with Gasteiger partial charge in [0, 0.05) is 46.3 Å². The van der Waals surface area contributed by atoms with Crippen LogP contribution in [0.3, 0.4) is 0 Å². The van der Waals surface area contributed by atoms with Gasteiger partial charge in [0.25, 0.3) is 8.32 Å². The Morgan fingerprint density at radius 2 is 1.09 bits per heavy atom. The lowest BCUT2D eigenvalue weighted by molar-refractivity contribution is -0.154. The number of hydrogen-bond acceptors (Lipinski definition) is 20. The number of methoxy groups -OCH3 is 4. The number of ether oxygens (including phenoxy) is 13. The molecular weight excluding hydrogens is 1440 g/mol. The Balaban J connectivity index is 0.000000332. The molecule has 12 atom stereocenters. The molecule has 2 fully saturated rings. The maximum Gasteiger partial charge on any atom is 0.342 e. The minimum Gasteiger partial charge on any atom is -0.497 e. The fraction of sp³-hybridized carbons (Fsp3) is 0.471. The van der Waals surface area contributed by atoms with Crippen molar-refractivity contribution in [3.63, 3.8) is 0 Å². The molecule has 8 rings (SSSR count). The summed E-state index contributed by atoms with van der Waals surface area (Å²) < 4.78 is 116. The summed E-state index contributed by atoms with van der Waals surface area (Å²) in [4.78, 5) is 40.5. The van der Waals surface area contributed by atoms with E-state index in [2.05, 4.69) is 64.7 Å². The number of aliphatic hydroxyl groups is 3. The van der Waals surface area contributed by atoms with E-state index in [-0.39, 0.29) is 60.5 Å². The van der Waals surface area contributed by atoms with Crippen molar-refractivity contribution in [1.82, 2.24) is 0 Å². The van der Waals surface area contributed by atoms with E-state index in [0.717, 1.165) is 16.4 Å². The fourth-order valence-electron chi connectivity index (χ4n) is 12.9. The molecule has 0 aromatic heterocycles.